The van der Waals surface area contributed by atoms with Crippen molar-refractivity contribution in [3.05, 3.63) is 109 Å². The zero-order valence-electron chi connectivity index (χ0n) is 38.8. The average molecular weight is 887 g/mol. The number of esters is 1. The summed E-state index contributed by atoms with van der Waals surface area (Å²) < 4.78 is 33.4. The summed E-state index contributed by atoms with van der Waals surface area (Å²) in [4.78, 5) is 22.7. The van der Waals surface area contributed by atoms with Crippen molar-refractivity contribution in [3.63, 3.8) is 0 Å². The van der Waals surface area contributed by atoms with Crippen LogP contribution >= 0.6 is 7.82 Å². The molecule has 0 saturated carbocycles. The highest BCUT2D eigenvalue weighted by Crippen LogP contribution is 2.43. The molecule has 0 heterocycles. The number of allylic oxidation sites excluding steroid dienone is 18. The van der Waals surface area contributed by atoms with Gasteiger partial charge in [0.05, 0.1) is 26.4 Å². The van der Waals surface area contributed by atoms with E-state index in [1.165, 1.54) is 38.5 Å². The molecule has 0 fully saturated rings. The third-order valence-corrected chi connectivity index (χ3v) is 10.4. The maximum absolute atomic E-state index is 12.7. The Balaban J connectivity index is 4.21. The van der Waals surface area contributed by atoms with E-state index < -0.39 is 45.8 Å². The third-order valence-electron chi connectivity index (χ3n) is 9.45. The molecular formula is C52H87O9P. The number of rotatable bonds is 44. The Morgan fingerprint density at radius 1 is 0.500 bits per heavy atom. The molecule has 0 amide bonds. The monoisotopic (exact) mass is 887 g/mol. The van der Waals surface area contributed by atoms with E-state index in [1.54, 1.807) is 0 Å². The molecule has 0 aliphatic rings. The highest BCUT2D eigenvalue weighted by Gasteiger charge is 2.26. The molecule has 3 unspecified atom stereocenters. The molecule has 10 heteroatoms. The maximum Gasteiger partial charge on any atom is 0.472 e. The lowest BCUT2D eigenvalue weighted by molar-refractivity contribution is -0.154. The highest BCUT2D eigenvalue weighted by molar-refractivity contribution is 7.47. The number of unbranched alkanes of at least 4 members (excludes halogenated alkanes) is 12. The van der Waals surface area contributed by atoms with Crippen LogP contribution in [0.15, 0.2) is 109 Å². The van der Waals surface area contributed by atoms with Gasteiger partial charge in [-0.15, -0.1) is 0 Å². The Morgan fingerprint density at radius 2 is 0.871 bits per heavy atom. The van der Waals surface area contributed by atoms with Crippen LogP contribution in [0, 0.1) is 0 Å². The van der Waals surface area contributed by atoms with Crippen LogP contribution in [-0.4, -0.2) is 66.3 Å². The average Bonchev–Trinajstić information content (AvgIpc) is 3.26. The smallest absolute Gasteiger partial charge is 0.457 e. The fourth-order valence-corrected chi connectivity index (χ4v) is 6.69. The minimum absolute atomic E-state index is 0.0110. The van der Waals surface area contributed by atoms with Gasteiger partial charge in [0.1, 0.15) is 12.2 Å². The number of aliphatic hydroxyl groups is 2. The normalized spacial score (nSPS) is 14.9. The van der Waals surface area contributed by atoms with Crippen molar-refractivity contribution in [3.8, 4) is 0 Å². The topological polar surface area (TPSA) is 132 Å². The number of phosphoric ester groups is 1. The molecule has 0 radical (unpaired) electrons. The zero-order chi connectivity index (χ0) is 45.3. The van der Waals surface area contributed by atoms with E-state index in [0.717, 1.165) is 103 Å². The molecule has 0 aromatic rings. The van der Waals surface area contributed by atoms with Crippen molar-refractivity contribution in [1.82, 2.24) is 0 Å². The van der Waals surface area contributed by atoms with Gasteiger partial charge >= 0.3 is 13.8 Å². The lowest BCUT2D eigenvalue weighted by atomic mass is 10.0. The maximum atomic E-state index is 12.7. The Kier molecular flexibility index (Phi) is 45.4. The first-order valence-electron chi connectivity index (χ1n) is 23.9. The summed E-state index contributed by atoms with van der Waals surface area (Å²) >= 11 is 0. The fourth-order valence-electron chi connectivity index (χ4n) is 5.90. The van der Waals surface area contributed by atoms with E-state index in [1.807, 2.05) is 0 Å². The van der Waals surface area contributed by atoms with Crippen molar-refractivity contribution in [1.29, 1.82) is 0 Å². The van der Waals surface area contributed by atoms with Gasteiger partial charge in [0.15, 0.2) is 0 Å². The first kappa shape index (κ1) is 59.1. The number of carbonyl (C=O) groups excluding carboxylic acids is 1. The molecule has 0 aromatic heterocycles. The number of phosphoric acid groups is 1. The zero-order valence-corrected chi connectivity index (χ0v) is 39.7. The van der Waals surface area contributed by atoms with Crippen LogP contribution in [0.3, 0.4) is 0 Å². The van der Waals surface area contributed by atoms with E-state index in [9.17, 15) is 19.4 Å². The van der Waals surface area contributed by atoms with Crippen molar-refractivity contribution in [2.75, 3.05) is 33.0 Å². The molecule has 0 spiro atoms. The van der Waals surface area contributed by atoms with Crippen molar-refractivity contribution in [2.24, 2.45) is 0 Å². The van der Waals surface area contributed by atoms with Gasteiger partial charge in [-0.1, -0.05) is 175 Å². The van der Waals surface area contributed by atoms with Crippen molar-refractivity contribution >= 4 is 13.8 Å². The minimum Gasteiger partial charge on any atom is -0.457 e. The molecule has 0 aliphatic carbocycles. The Morgan fingerprint density at radius 3 is 1.31 bits per heavy atom. The van der Waals surface area contributed by atoms with Gasteiger partial charge in [-0.05, 0) is 96.3 Å². The van der Waals surface area contributed by atoms with Gasteiger partial charge < -0.3 is 24.6 Å². The summed E-state index contributed by atoms with van der Waals surface area (Å²) in [6.07, 6.45) is 62.0. The van der Waals surface area contributed by atoms with E-state index >= 15 is 0 Å². The summed E-state index contributed by atoms with van der Waals surface area (Å²) in [7, 11) is -4.54. The lowest BCUT2D eigenvalue weighted by Crippen LogP contribution is -2.29. The molecule has 3 atom stereocenters. The summed E-state index contributed by atoms with van der Waals surface area (Å²) in [5.74, 6) is -0.407. The summed E-state index contributed by atoms with van der Waals surface area (Å²) in [6.45, 7) is 3.15. The van der Waals surface area contributed by atoms with Crippen LogP contribution in [0.4, 0.5) is 0 Å². The van der Waals surface area contributed by atoms with E-state index in [2.05, 4.69) is 123 Å². The van der Waals surface area contributed by atoms with Crippen LogP contribution < -0.4 is 0 Å². The molecule has 3 N–H and O–H groups in total. The molecule has 0 rings (SSSR count). The predicted octanol–water partition coefficient (Wildman–Crippen LogP) is 13.8. The molecule has 0 aliphatic heterocycles. The van der Waals surface area contributed by atoms with Crippen LogP contribution in [0.2, 0.25) is 0 Å². The lowest BCUT2D eigenvalue weighted by Gasteiger charge is -2.20. The number of carbonyl (C=O) groups is 1. The minimum atomic E-state index is -4.54. The second-order valence-corrected chi connectivity index (χ2v) is 16.8. The summed E-state index contributed by atoms with van der Waals surface area (Å²) in [5, 5.41) is 18.4. The number of hydrogen-bond acceptors (Lipinski definition) is 8. The summed E-state index contributed by atoms with van der Waals surface area (Å²) in [6, 6.07) is 0. The Bertz CT molecular complexity index is 1330. The van der Waals surface area contributed by atoms with Crippen LogP contribution in [0.25, 0.3) is 0 Å². The van der Waals surface area contributed by atoms with Gasteiger partial charge in [0.2, 0.25) is 0 Å². The number of ether oxygens (including phenoxy) is 2. The molecule has 0 bridgehead atoms. The quantitative estimate of drug-likeness (QED) is 0.0237. The number of hydrogen-bond donors (Lipinski definition) is 3. The van der Waals surface area contributed by atoms with Gasteiger partial charge in [-0.25, -0.2) is 4.57 Å². The van der Waals surface area contributed by atoms with Crippen LogP contribution in [-0.2, 0) is 27.9 Å². The van der Waals surface area contributed by atoms with Gasteiger partial charge in [-0.2, -0.15) is 0 Å². The SMILES string of the molecule is CC/C=C\C/C=C\C/C=C\C/C=C\C/C=C\CCCCOCC(COP(=O)(O)OCC(O)CO)OC(=O)CCCCCCCCCCCC/C=C\C/C=C\C/C=C\C/C=C\CC. The second-order valence-electron chi connectivity index (χ2n) is 15.4. The molecule has 0 aromatic carbocycles. The fraction of sp³-hybridized carbons (Fsp3) is 0.635. The second kappa shape index (κ2) is 47.6. The van der Waals surface area contributed by atoms with Crippen LogP contribution in [0.1, 0.15) is 168 Å². The van der Waals surface area contributed by atoms with Gasteiger partial charge in [-0.3, -0.25) is 13.8 Å². The standard InChI is InChI=1S/C52H87O9P/c1-3-5-7-9-11-13-15-17-19-21-23-24-25-26-27-28-30-32-34-36-38-40-42-44-52(55)61-51(49-60-62(56,57)59-47-50(54)46-53)48-58-45-43-41-39-37-35-33-31-29-22-20-18-16-14-12-10-8-6-4-2/h5-8,11-14,17-20,23-24,29,31,35,37,50-51,53-54H,3-4,9-10,15-16,21-22,25-28,30,32-34,36,38-49H2,1-2H3,(H,56,57)/b7-5-,8-6-,13-11-,14-12-,19-17-,20-18-,24-23-,31-29-,37-35-. The molecule has 62 heavy (non-hydrogen) atoms. The molecule has 354 valence electrons. The molecular weight excluding hydrogens is 800 g/mol. The van der Waals surface area contributed by atoms with E-state index in [-0.39, 0.29) is 13.0 Å². The summed E-state index contributed by atoms with van der Waals surface area (Å²) in [5.41, 5.74) is 0. The van der Waals surface area contributed by atoms with Gasteiger partial charge in [0.25, 0.3) is 0 Å². The Labute approximate surface area is 378 Å². The third kappa shape index (κ3) is 46.6. The Hall–Kier alpha value is -2.88. The van der Waals surface area contributed by atoms with E-state index in [4.69, 9.17) is 23.6 Å². The molecule has 9 nitrogen and oxygen atoms in total. The first-order chi connectivity index (χ1) is 30.3. The first-order valence-corrected chi connectivity index (χ1v) is 25.4. The molecule has 0 saturated heterocycles. The predicted molar refractivity (Wildman–Crippen MR) is 260 cm³/mol. The van der Waals surface area contributed by atoms with Gasteiger partial charge in [0, 0.05) is 13.0 Å². The largest absolute Gasteiger partial charge is 0.472 e. The van der Waals surface area contributed by atoms with E-state index in [0.29, 0.717) is 13.0 Å². The van der Waals surface area contributed by atoms with Crippen molar-refractivity contribution < 1.29 is 43.0 Å². The van der Waals surface area contributed by atoms with Crippen LogP contribution in [0.5, 0.6) is 0 Å². The number of aliphatic hydroxyl groups excluding tert-OH is 2. The van der Waals surface area contributed by atoms with Crippen molar-refractivity contribution in [2.45, 2.75) is 180 Å². The highest BCUT2D eigenvalue weighted by atomic mass is 31.2.